The highest BCUT2D eigenvalue weighted by Gasteiger charge is 2.44. The number of piperidine rings is 1. The van der Waals surface area contributed by atoms with Gasteiger partial charge in [-0.25, -0.2) is 0 Å². The fourth-order valence-electron chi connectivity index (χ4n) is 4.66. The minimum Gasteiger partial charge on any atom is -0.466 e. The second kappa shape index (κ2) is 9.94. The highest BCUT2D eigenvalue weighted by molar-refractivity contribution is 6.30. The van der Waals surface area contributed by atoms with Crippen LogP contribution in [0.1, 0.15) is 51.0 Å². The average molecular weight is 421 g/mol. The van der Waals surface area contributed by atoms with E-state index in [9.17, 15) is 9.59 Å². The van der Waals surface area contributed by atoms with Gasteiger partial charge in [0.1, 0.15) is 0 Å². The van der Waals surface area contributed by atoms with Crippen LogP contribution in [0.15, 0.2) is 24.3 Å². The minimum absolute atomic E-state index is 0.0242. The first-order valence-electron chi connectivity index (χ1n) is 10.9. The van der Waals surface area contributed by atoms with Crippen LogP contribution in [0.25, 0.3) is 0 Å². The average Bonchev–Trinajstić information content (AvgIpc) is 2.94. The number of carbonyl (C=O) groups is 2. The molecule has 1 atom stereocenters. The van der Waals surface area contributed by atoms with Crippen LogP contribution >= 0.6 is 11.6 Å². The Morgan fingerprint density at radius 2 is 1.79 bits per heavy atom. The maximum absolute atomic E-state index is 13.2. The number of hydrogen-bond donors (Lipinski definition) is 0. The molecule has 29 heavy (non-hydrogen) atoms. The fourth-order valence-corrected chi connectivity index (χ4v) is 4.79. The summed E-state index contributed by atoms with van der Waals surface area (Å²) in [5.74, 6) is 0.0759. The number of nitrogens with zero attached hydrogens (tertiary/aromatic N) is 2. The van der Waals surface area contributed by atoms with Gasteiger partial charge in [-0.1, -0.05) is 36.6 Å². The van der Waals surface area contributed by atoms with Crippen molar-refractivity contribution in [3.05, 3.63) is 34.9 Å². The molecule has 0 aliphatic carbocycles. The van der Waals surface area contributed by atoms with Crippen LogP contribution in [0, 0.1) is 5.41 Å². The molecule has 2 fully saturated rings. The van der Waals surface area contributed by atoms with Gasteiger partial charge in [0.05, 0.1) is 18.1 Å². The number of hydrogen-bond acceptors (Lipinski definition) is 4. The first-order valence-corrected chi connectivity index (χ1v) is 11.2. The number of benzene rings is 1. The Morgan fingerprint density at radius 1 is 1.10 bits per heavy atom. The molecule has 2 aliphatic rings. The smallest absolute Gasteiger partial charge is 0.312 e. The number of rotatable bonds is 5. The first kappa shape index (κ1) is 22.1. The van der Waals surface area contributed by atoms with Crippen molar-refractivity contribution in [2.45, 2.75) is 57.9 Å². The zero-order valence-corrected chi connectivity index (χ0v) is 18.4. The van der Waals surface area contributed by atoms with E-state index in [1.165, 1.54) is 6.42 Å². The van der Waals surface area contributed by atoms with Crippen LogP contribution in [-0.2, 0) is 20.7 Å². The summed E-state index contributed by atoms with van der Waals surface area (Å²) in [4.78, 5) is 30.2. The largest absolute Gasteiger partial charge is 0.466 e. The van der Waals surface area contributed by atoms with Gasteiger partial charge in [0.25, 0.3) is 0 Å². The highest BCUT2D eigenvalue weighted by Crippen LogP contribution is 2.37. The van der Waals surface area contributed by atoms with E-state index < -0.39 is 5.41 Å². The van der Waals surface area contributed by atoms with Crippen molar-refractivity contribution in [2.24, 2.45) is 5.41 Å². The number of likely N-dealkylation sites (tertiary alicyclic amines) is 2. The van der Waals surface area contributed by atoms with E-state index in [2.05, 4.69) is 11.9 Å². The van der Waals surface area contributed by atoms with Gasteiger partial charge >= 0.3 is 5.97 Å². The molecular weight excluding hydrogens is 388 g/mol. The maximum Gasteiger partial charge on any atom is 0.312 e. The lowest BCUT2D eigenvalue weighted by molar-refractivity contribution is -0.161. The normalized spacial score (nSPS) is 22.7. The molecule has 1 aromatic carbocycles. The van der Waals surface area contributed by atoms with Gasteiger partial charge in [-0.2, -0.15) is 0 Å². The lowest BCUT2D eigenvalue weighted by atomic mass is 9.73. The van der Waals surface area contributed by atoms with E-state index in [4.69, 9.17) is 16.3 Å². The molecule has 0 spiro atoms. The summed E-state index contributed by atoms with van der Waals surface area (Å²) in [6.45, 7) is 4.41. The van der Waals surface area contributed by atoms with Crippen molar-refractivity contribution in [3.63, 3.8) is 0 Å². The van der Waals surface area contributed by atoms with Crippen LogP contribution in [0.2, 0.25) is 5.02 Å². The molecule has 0 aromatic heterocycles. The molecule has 0 saturated carbocycles. The third-order valence-electron chi connectivity index (χ3n) is 6.50. The van der Waals surface area contributed by atoms with Gasteiger partial charge in [0, 0.05) is 18.1 Å². The molecule has 1 aromatic rings. The third-order valence-corrected chi connectivity index (χ3v) is 6.75. The van der Waals surface area contributed by atoms with Crippen molar-refractivity contribution >= 4 is 23.5 Å². The zero-order valence-electron chi connectivity index (χ0n) is 17.7. The van der Waals surface area contributed by atoms with Crippen LogP contribution in [0.5, 0.6) is 0 Å². The molecule has 3 rings (SSSR count). The molecular formula is C23H33ClN2O3. The minimum atomic E-state index is -0.573. The predicted octanol–water partition coefficient (Wildman–Crippen LogP) is 3.93. The number of halogens is 1. The monoisotopic (exact) mass is 420 g/mol. The van der Waals surface area contributed by atoms with Gasteiger partial charge in [-0.15, -0.1) is 0 Å². The number of esters is 1. The van der Waals surface area contributed by atoms with E-state index >= 15 is 0 Å². The van der Waals surface area contributed by atoms with Crippen LogP contribution in [0.4, 0.5) is 0 Å². The summed E-state index contributed by atoms with van der Waals surface area (Å²) >= 11 is 6.01. The van der Waals surface area contributed by atoms with Crippen molar-refractivity contribution in [3.8, 4) is 0 Å². The van der Waals surface area contributed by atoms with Crippen LogP contribution in [0.3, 0.4) is 0 Å². The maximum atomic E-state index is 13.2. The standard InChI is InChI=1S/C23H33ClN2O3/c1-3-29-22(28)23(17-18-8-10-19(24)11-9-18)12-15-26(16-13-23)21(27)20-7-5-4-6-14-25(20)2/h8-11,20H,3-7,12-17H2,1-2H3/t20-/m1/s1. The Balaban J connectivity index is 1.70. The van der Waals surface area contributed by atoms with E-state index in [1.54, 1.807) is 0 Å². The predicted molar refractivity (Wildman–Crippen MR) is 115 cm³/mol. The number of ether oxygens (including phenoxy) is 1. The summed E-state index contributed by atoms with van der Waals surface area (Å²) in [5, 5.41) is 0.687. The second-order valence-electron chi connectivity index (χ2n) is 8.48. The first-order chi connectivity index (χ1) is 13.9. The Morgan fingerprint density at radius 3 is 2.45 bits per heavy atom. The summed E-state index contributed by atoms with van der Waals surface area (Å²) in [5.41, 5.74) is 0.501. The Bertz CT molecular complexity index is 699. The van der Waals surface area contributed by atoms with Gasteiger partial charge in [-0.05, 0) is 70.3 Å². The molecule has 5 nitrogen and oxygen atoms in total. The molecule has 6 heteroatoms. The molecule has 160 valence electrons. The molecule has 2 saturated heterocycles. The van der Waals surface area contributed by atoms with E-state index in [1.807, 2.05) is 36.1 Å². The van der Waals surface area contributed by atoms with Crippen LogP contribution < -0.4 is 0 Å². The second-order valence-corrected chi connectivity index (χ2v) is 8.91. The van der Waals surface area contributed by atoms with Crippen molar-refractivity contribution in [2.75, 3.05) is 33.3 Å². The third kappa shape index (κ3) is 5.32. The molecule has 1 amide bonds. The van der Waals surface area contributed by atoms with Gasteiger partial charge in [0.15, 0.2) is 0 Å². The van der Waals surface area contributed by atoms with Crippen molar-refractivity contribution in [1.29, 1.82) is 0 Å². The molecule has 2 heterocycles. The highest BCUT2D eigenvalue weighted by atomic mass is 35.5. The molecule has 0 radical (unpaired) electrons. The van der Waals surface area contributed by atoms with Crippen molar-refractivity contribution in [1.82, 2.24) is 9.80 Å². The van der Waals surface area contributed by atoms with Crippen molar-refractivity contribution < 1.29 is 14.3 Å². The summed E-state index contributed by atoms with van der Waals surface area (Å²) < 4.78 is 5.45. The van der Waals surface area contributed by atoms with Gasteiger partial charge in [-0.3, -0.25) is 14.5 Å². The topological polar surface area (TPSA) is 49.9 Å². The molecule has 0 bridgehead atoms. The zero-order chi connectivity index (χ0) is 20.9. The van der Waals surface area contributed by atoms with E-state index in [0.29, 0.717) is 44.0 Å². The fraction of sp³-hybridized carbons (Fsp3) is 0.652. The Hall–Kier alpha value is -1.59. The number of carbonyl (C=O) groups excluding carboxylic acids is 2. The Kier molecular flexibility index (Phi) is 7.58. The van der Waals surface area contributed by atoms with Gasteiger partial charge in [0.2, 0.25) is 5.91 Å². The molecule has 2 aliphatic heterocycles. The lowest BCUT2D eigenvalue weighted by Crippen LogP contribution is -2.53. The number of likely N-dealkylation sites (N-methyl/N-ethyl adjacent to an activating group) is 1. The van der Waals surface area contributed by atoms with Gasteiger partial charge < -0.3 is 9.64 Å². The summed E-state index contributed by atoms with van der Waals surface area (Å²) in [7, 11) is 2.06. The van der Waals surface area contributed by atoms with E-state index in [0.717, 1.165) is 31.4 Å². The Labute approximate surface area is 179 Å². The quantitative estimate of drug-likeness (QED) is 0.677. The molecule has 0 N–H and O–H groups in total. The SMILES string of the molecule is CCOC(=O)C1(Cc2ccc(Cl)cc2)CCN(C(=O)[C@H]2CCCCCN2C)CC1. The summed E-state index contributed by atoms with van der Waals surface area (Å²) in [6.07, 6.45) is 6.29. The molecule has 0 unspecified atom stereocenters. The van der Waals surface area contributed by atoms with Crippen LogP contribution in [-0.4, -0.2) is 61.0 Å². The van der Waals surface area contributed by atoms with E-state index in [-0.39, 0.29) is 17.9 Å². The lowest BCUT2D eigenvalue weighted by Gasteiger charge is -2.41. The number of amides is 1. The summed E-state index contributed by atoms with van der Waals surface area (Å²) in [6, 6.07) is 7.64.